The number of ether oxygens (including phenoxy) is 2. The van der Waals surface area contributed by atoms with Gasteiger partial charge in [0, 0.05) is 29.2 Å². The SMILES string of the molecule is Cc1c(-c2ccc(Oc3ccc(C4(O)COC4)cc3)nc2)sc2c1c(=O)[nH]c(=O)n2CCC(F)(F)F. The van der Waals surface area contributed by atoms with Crippen LogP contribution in [0.25, 0.3) is 20.7 Å². The van der Waals surface area contributed by atoms with Crippen LogP contribution in [0.5, 0.6) is 11.6 Å². The van der Waals surface area contributed by atoms with Gasteiger partial charge in [0.2, 0.25) is 5.88 Å². The normalized spacial score (nSPS) is 15.1. The third kappa shape index (κ3) is 4.54. The summed E-state index contributed by atoms with van der Waals surface area (Å²) in [6.07, 6.45) is -4.10. The minimum Gasteiger partial charge on any atom is -0.439 e. The van der Waals surface area contributed by atoms with Crippen molar-refractivity contribution in [3.63, 3.8) is 0 Å². The molecule has 1 aliphatic heterocycles. The summed E-state index contributed by atoms with van der Waals surface area (Å²) in [5.41, 5.74) is -0.603. The zero-order chi connectivity index (χ0) is 25.7. The van der Waals surface area contributed by atoms with Crippen LogP contribution in [0.4, 0.5) is 13.2 Å². The molecule has 0 unspecified atom stereocenters. The van der Waals surface area contributed by atoms with Gasteiger partial charge in [-0.25, -0.2) is 9.78 Å². The molecule has 0 atom stereocenters. The van der Waals surface area contributed by atoms with E-state index in [4.69, 9.17) is 9.47 Å². The van der Waals surface area contributed by atoms with Gasteiger partial charge in [0.25, 0.3) is 5.56 Å². The molecule has 0 aliphatic carbocycles. The number of H-pyrrole nitrogens is 1. The van der Waals surface area contributed by atoms with Crippen LogP contribution >= 0.6 is 11.3 Å². The van der Waals surface area contributed by atoms with Crippen molar-refractivity contribution in [2.24, 2.45) is 0 Å². The lowest BCUT2D eigenvalue weighted by Crippen LogP contribution is -2.46. The van der Waals surface area contributed by atoms with Gasteiger partial charge in [0.05, 0.1) is 25.0 Å². The third-order valence-corrected chi connectivity index (χ3v) is 7.34. The average Bonchev–Trinajstić information content (AvgIpc) is 3.15. The zero-order valence-corrected chi connectivity index (χ0v) is 19.7. The molecule has 0 spiro atoms. The number of pyridine rings is 1. The second-order valence-electron chi connectivity index (χ2n) is 8.55. The Morgan fingerprint density at radius 2 is 1.92 bits per heavy atom. The summed E-state index contributed by atoms with van der Waals surface area (Å²) in [4.78, 5) is 31.9. The largest absolute Gasteiger partial charge is 0.439 e. The summed E-state index contributed by atoms with van der Waals surface area (Å²) < 4.78 is 50.1. The van der Waals surface area contributed by atoms with E-state index >= 15 is 0 Å². The Labute approximate surface area is 205 Å². The molecule has 8 nitrogen and oxygen atoms in total. The van der Waals surface area contributed by atoms with Crippen molar-refractivity contribution < 1.29 is 27.8 Å². The molecule has 1 fully saturated rings. The Kier molecular flexibility index (Phi) is 5.97. The van der Waals surface area contributed by atoms with E-state index in [-0.39, 0.29) is 23.4 Å². The number of fused-ring (bicyclic) bond motifs is 1. The van der Waals surface area contributed by atoms with Crippen molar-refractivity contribution in [1.82, 2.24) is 14.5 Å². The number of hydrogen-bond donors (Lipinski definition) is 2. The number of alkyl halides is 3. The van der Waals surface area contributed by atoms with Crippen LogP contribution in [0.3, 0.4) is 0 Å². The minimum absolute atomic E-state index is 0.177. The third-order valence-electron chi connectivity index (χ3n) is 5.98. The Bertz CT molecular complexity index is 1540. The lowest BCUT2D eigenvalue weighted by atomic mass is 9.92. The summed E-state index contributed by atoms with van der Waals surface area (Å²) in [6.45, 7) is 1.58. The van der Waals surface area contributed by atoms with E-state index in [1.165, 1.54) is 6.20 Å². The molecule has 12 heteroatoms. The number of thiophene rings is 1. The Morgan fingerprint density at radius 3 is 2.50 bits per heavy atom. The molecule has 5 rings (SSSR count). The molecule has 188 valence electrons. The van der Waals surface area contributed by atoms with Crippen molar-refractivity contribution in [1.29, 1.82) is 0 Å². The van der Waals surface area contributed by atoms with Crippen LogP contribution in [0, 0.1) is 6.92 Å². The van der Waals surface area contributed by atoms with Gasteiger partial charge in [0.1, 0.15) is 16.2 Å². The molecule has 1 saturated heterocycles. The van der Waals surface area contributed by atoms with E-state index in [0.29, 0.717) is 27.6 Å². The van der Waals surface area contributed by atoms with E-state index in [0.717, 1.165) is 21.5 Å². The number of benzene rings is 1. The van der Waals surface area contributed by atoms with Gasteiger partial charge >= 0.3 is 11.9 Å². The van der Waals surface area contributed by atoms with Crippen molar-refractivity contribution >= 4 is 21.6 Å². The maximum atomic E-state index is 12.8. The molecule has 3 aromatic heterocycles. The van der Waals surface area contributed by atoms with Gasteiger partial charge in [-0.2, -0.15) is 13.2 Å². The highest BCUT2D eigenvalue weighted by Crippen LogP contribution is 2.37. The number of nitrogens with one attached hydrogen (secondary N) is 1. The van der Waals surface area contributed by atoms with Crippen LogP contribution in [0.2, 0.25) is 0 Å². The maximum absolute atomic E-state index is 12.8. The molecule has 4 aromatic rings. The number of aryl methyl sites for hydroxylation is 2. The van der Waals surface area contributed by atoms with Gasteiger partial charge < -0.3 is 14.6 Å². The fourth-order valence-corrected chi connectivity index (χ4v) is 5.30. The number of rotatable bonds is 6. The number of aromatic nitrogens is 3. The molecule has 1 aromatic carbocycles. The summed E-state index contributed by atoms with van der Waals surface area (Å²) >= 11 is 1.06. The molecule has 2 N–H and O–H groups in total. The number of hydrogen-bond acceptors (Lipinski definition) is 7. The Morgan fingerprint density at radius 1 is 1.19 bits per heavy atom. The number of aromatic amines is 1. The lowest BCUT2D eigenvalue weighted by Gasteiger charge is -2.36. The first-order valence-electron chi connectivity index (χ1n) is 10.9. The predicted molar refractivity (Wildman–Crippen MR) is 127 cm³/mol. The van der Waals surface area contributed by atoms with Crippen LogP contribution in [0.15, 0.2) is 52.2 Å². The molecular formula is C24H20F3N3O5S. The number of halogens is 3. The molecule has 0 radical (unpaired) electrons. The lowest BCUT2D eigenvalue weighted by molar-refractivity contribution is -0.184. The van der Waals surface area contributed by atoms with Crippen LogP contribution in [-0.2, 0) is 16.9 Å². The van der Waals surface area contributed by atoms with Crippen molar-refractivity contribution in [2.45, 2.75) is 31.7 Å². The summed E-state index contributed by atoms with van der Waals surface area (Å²) in [6, 6.07) is 10.3. The molecule has 36 heavy (non-hydrogen) atoms. The second-order valence-corrected chi connectivity index (χ2v) is 9.55. The first-order valence-corrected chi connectivity index (χ1v) is 11.7. The summed E-state index contributed by atoms with van der Waals surface area (Å²) in [5, 5.41) is 10.5. The van der Waals surface area contributed by atoms with E-state index in [2.05, 4.69) is 9.97 Å². The number of aliphatic hydroxyl groups is 1. The molecule has 0 bridgehead atoms. The van der Waals surface area contributed by atoms with E-state index in [9.17, 15) is 27.9 Å². The van der Waals surface area contributed by atoms with Crippen molar-refractivity contribution in [3.05, 3.63) is 74.6 Å². The summed E-state index contributed by atoms with van der Waals surface area (Å²) in [7, 11) is 0. The second kappa shape index (κ2) is 8.87. The zero-order valence-electron chi connectivity index (χ0n) is 18.9. The monoisotopic (exact) mass is 519 g/mol. The van der Waals surface area contributed by atoms with Gasteiger partial charge in [0.15, 0.2) is 0 Å². The smallest absolute Gasteiger partial charge is 0.390 e. The maximum Gasteiger partial charge on any atom is 0.390 e. The molecule has 0 amide bonds. The fourth-order valence-electron chi connectivity index (χ4n) is 3.98. The first-order chi connectivity index (χ1) is 17.0. The highest BCUT2D eigenvalue weighted by molar-refractivity contribution is 7.22. The molecule has 4 heterocycles. The van der Waals surface area contributed by atoms with Gasteiger partial charge in [-0.05, 0) is 36.2 Å². The predicted octanol–water partition coefficient (Wildman–Crippen LogP) is 4.08. The number of nitrogens with zero attached hydrogens (tertiary/aromatic N) is 2. The van der Waals surface area contributed by atoms with Crippen molar-refractivity contribution in [2.75, 3.05) is 13.2 Å². The average molecular weight is 520 g/mol. The van der Waals surface area contributed by atoms with E-state index in [1.807, 2.05) is 0 Å². The van der Waals surface area contributed by atoms with E-state index in [1.54, 1.807) is 43.3 Å². The standard InChI is InChI=1S/C24H20F3N3O5S/c1-13-18-20(31)29-22(32)30(9-8-24(25,26)27)21(18)36-19(13)14-2-7-17(28-10-14)35-16-5-3-15(4-6-16)23(33)11-34-12-23/h2-7,10,33H,8-9,11-12H2,1H3,(H,29,31,32). The van der Waals surface area contributed by atoms with E-state index < -0.39 is 36.0 Å². The van der Waals surface area contributed by atoms with Crippen molar-refractivity contribution in [3.8, 4) is 22.1 Å². The Balaban J connectivity index is 1.41. The van der Waals surface area contributed by atoms with Crippen LogP contribution in [-0.4, -0.2) is 39.0 Å². The molecule has 0 saturated carbocycles. The van der Waals surface area contributed by atoms with Crippen LogP contribution in [0.1, 0.15) is 17.5 Å². The van der Waals surface area contributed by atoms with Gasteiger partial charge in [-0.15, -0.1) is 11.3 Å². The first kappa shape index (κ1) is 24.2. The Hall–Kier alpha value is -3.48. The van der Waals surface area contributed by atoms with Gasteiger partial charge in [-0.1, -0.05) is 12.1 Å². The quantitative estimate of drug-likeness (QED) is 0.398. The highest BCUT2D eigenvalue weighted by Gasteiger charge is 2.37. The minimum atomic E-state index is -4.44. The van der Waals surface area contributed by atoms with Gasteiger partial charge in [-0.3, -0.25) is 14.3 Å². The topological polar surface area (TPSA) is 106 Å². The molecular weight excluding hydrogens is 499 g/mol. The molecule has 1 aliphatic rings. The highest BCUT2D eigenvalue weighted by atomic mass is 32.1. The summed E-state index contributed by atoms with van der Waals surface area (Å²) in [5.74, 6) is 0.817. The van der Waals surface area contributed by atoms with Crippen LogP contribution < -0.4 is 16.0 Å². The fraction of sp³-hybridized carbons (Fsp3) is 0.292.